The minimum absolute atomic E-state index is 0.0744. The second-order valence-corrected chi connectivity index (χ2v) is 6.53. The molecule has 1 N–H and O–H groups in total. The number of carbonyl (C=O) groups is 1. The van der Waals surface area contributed by atoms with Gasteiger partial charge in [0.1, 0.15) is 4.87 Å². The smallest absolute Gasteiger partial charge is 0.214 e. The Kier molecular flexibility index (Phi) is 4.85. The molecule has 0 aliphatic heterocycles. The van der Waals surface area contributed by atoms with E-state index in [0.29, 0.717) is 11.5 Å². The van der Waals surface area contributed by atoms with Crippen LogP contribution in [-0.4, -0.2) is 28.1 Å². The first-order valence-corrected chi connectivity index (χ1v) is 8.08. The van der Waals surface area contributed by atoms with Crippen molar-refractivity contribution < 1.29 is 9.32 Å². The highest BCUT2D eigenvalue weighted by Crippen LogP contribution is 2.27. The van der Waals surface area contributed by atoms with Crippen LogP contribution in [0, 0.1) is 0 Å². The molecule has 0 saturated heterocycles. The molecule has 2 rings (SSSR count). The van der Waals surface area contributed by atoms with Gasteiger partial charge in [-0.1, -0.05) is 35.5 Å². The monoisotopic (exact) mass is 304 g/mol. The summed E-state index contributed by atoms with van der Waals surface area (Å²) in [5, 5.41) is 7.22. The molecule has 0 spiro atoms. The maximum absolute atomic E-state index is 12.7. The number of benzene rings is 1. The number of Topliss-reactive ketones (excluding diaryl/α,β-unsaturated/α-hetero) is 1. The molecule has 1 unspecified atom stereocenters. The van der Waals surface area contributed by atoms with Crippen molar-refractivity contribution in [3.8, 4) is 11.3 Å². The lowest BCUT2D eigenvalue weighted by Crippen LogP contribution is -2.49. The fourth-order valence-corrected chi connectivity index (χ4v) is 2.78. The number of thioether (sulfide) groups is 1. The molecule has 0 aliphatic rings. The van der Waals surface area contributed by atoms with E-state index in [4.69, 9.17) is 4.52 Å². The number of ketones is 1. The number of nitrogens with zero attached hydrogens (tertiary/aromatic N) is 1. The van der Waals surface area contributed by atoms with Crippen LogP contribution in [0.2, 0.25) is 0 Å². The summed E-state index contributed by atoms with van der Waals surface area (Å²) in [5.41, 5.74) is 1.26. The van der Waals surface area contributed by atoms with Gasteiger partial charge in [-0.15, -0.1) is 11.8 Å². The van der Waals surface area contributed by atoms with Crippen LogP contribution in [0.25, 0.3) is 11.3 Å². The third-order valence-corrected chi connectivity index (χ3v) is 4.33. The van der Waals surface area contributed by atoms with Crippen molar-refractivity contribution in [1.29, 1.82) is 0 Å². The van der Waals surface area contributed by atoms with E-state index in [2.05, 4.69) is 10.5 Å². The third-order valence-electron chi connectivity index (χ3n) is 3.21. The summed E-state index contributed by atoms with van der Waals surface area (Å²) < 4.78 is 5.31. The molecule has 1 heterocycles. The fourth-order valence-electron chi connectivity index (χ4n) is 2.13. The van der Waals surface area contributed by atoms with Crippen molar-refractivity contribution in [2.75, 3.05) is 6.26 Å². The molecular formula is C16H20N2O2S. The number of hydrogen-bond acceptors (Lipinski definition) is 5. The van der Waals surface area contributed by atoms with Crippen molar-refractivity contribution in [2.24, 2.45) is 0 Å². The van der Waals surface area contributed by atoms with Gasteiger partial charge >= 0.3 is 0 Å². The predicted octanol–water partition coefficient (Wildman–Crippen LogP) is 3.60. The van der Waals surface area contributed by atoms with Crippen LogP contribution in [-0.2, 0) is 0 Å². The van der Waals surface area contributed by atoms with Crippen molar-refractivity contribution in [1.82, 2.24) is 10.5 Å². The Morgan fingerprint density at radius 1 is 1.33 bits per heavy atom. The quantitative estimate of drug-likeness (QED) is 0.653. The van der Waals surface area contributed by atoms with E-state index in [-0.39, 0.29) is 11.8 Å². The highest BCUT2D eigenvalue weighted by atomic mass is 32.2. The maximum atomic E-state index is 12.7. The van der Waals surface area contributed by atoms with Crippen molar-refractivity contribution in [3.63, 3.8) is 0 Å². The Bertz CT molecular complexity index is 610. The summed E-state index contributed by atoms with van der Waals surface area (Å²) in [6.45, 7) is 5.90. The number of nitrogens with one attached hydrogen (secondary N) is 1. The summed E-state index contributed by atoms with van der Waals surface area (Å²) in [4.78, 5) is 12.0. The van der Waals surface area contributed by atoms with E-state index in [1.54, 1.807) is 6.07 Å². The molecule has 5 heteroatoms. The Morgan fingerprint density at radius 2 is 2.00 bits per heavy atom. The van der Waals surface area contributed by atoms with Crippen molar-refractivity contribution in [2.45, 2.75) is 31.7 Å². The van der Waals surface area contributed by atoms with Crippen LogP contribution in [0.15, 0.2) is 40.9 Å². The zero-order valence-corrected chi connectivity index (χ0v) is 13.5. The van der Waals surface area contributed by atoms with Gasteiger partial charge < -0.3 is 4.52 Å². The first-order chi connectivity index (χ1) is 9.96. The number of hydrogen-bond donors (Lipinski definition) is 1. The molecule has 21 heavy (non-hydrogen) atoms. The molecule has 2 aromatic rings. The van der Waals surface area contributed by atoms with Crippen LogP contribution in [0.1, 0.15) is 31.3 Å². The van der Waals surface area contributed by atoms with E-state index in [1.165, 1.54) is 11.8 Å². The Morgan fingerprint density at radius 3 is 2.57 bits per heavy atom. The highest BCUT2D eigenvalue weighted by Gasteiger charge is 2.35. The SMILES string of the molecule is CSC(C)(NC(C)C)C(=O)c1cc(-c2ccccc2)on1. The topological polar surface area (TPSA) is 55.1 Å². The van der Waals surface area contributed by atoms with Gasteiger partial charge in [0.05, 0.1) is 0 Å². The van der Waals surface area contributed by atoms with Gasteiger partial charge in [-0.2, -0.15) is 0 Å². The molecule has 4 nitrogen and oxygen atoms in total. The molecule has 112 valence electrons. The maximum Gasteiger partial charge on any atom is 0.214 e. The van der Waals surface area contributed by atoms with Gasteiger partial charge in [0, 0.05) is 17.7 Å². The minimum atomic E-state index is -0.709. The zero-order chi connectivity index (χ0) is 15.5. The van der Waals surface area contributed by atoms with E-state index in [0.717, 1.165) is 5.56 Å². The largest absolute Gasteiger partial charge is 0.356 e. The van der Waals surface area contributed by atoms with Gasteiger partial charge in [-0.25, -0.2) is 0 Å². The van der Waals surface area contributed by atoms with E-state index in [1.807, 2.05) is 57.4 Å². The molecule has 0 saturated carbocycles. The molecule has 1 atom stereocenters. The molecule has 1 aromatic carbocycles. The van der Waals surface area contributed by atoms with Gasteiger partial charge in [0.2, 0.25) is 5.78 Å². The number of rotatable bonds is 6. The lowest BCUT2D eigenvalue weighted by Gasteiger charge is -2.28. The molecule has 0 aliphatic carbocycles. The summed E-state index contributed by atoms with van der Waals surface area (Å²) in [5.74, 6) is 0.529. The first-order valence-electron chi connectivity index (χ1n) is 6.86. The van der Waals surface area contributed by atoms with Gasteiger partial charge in [-0.3, -0.25) is 10.1 Å². The van der Waals surface area contributed by atoms with Gasteiger partial charge in [-0.05, 0) is 27.0 Å². The molecular weight excluding hydrogens is 284 g/mol. The van der Waals surface area contributed by atoms with Crippen molar-refractivity contribution >= 4 is 17.5 Å². The van der Waals surface area contributed by atoms with E-state index < -0.39 is 4.87 Å². The standard InChI is InChI=1S/C16H20N2O2S/c1-11(2)17-16(3,21-4)15(19)13-10-14(20-18-13)12-8-6-5-7-9-12/h5-11,17H,1-4H3. The average Bonchev–Trinajstić information content (AvgIpc) is 2.96. The van der Waals surface area contributed by atoms with Gasteiger partial charge in [0.25, 0.3) is 0 Å². The second-order valence-electron chi connectivity index (χ2n) is 5.31. The first kappa shape index (κ1) is 15.8. The summed E-state index contributed by atoms with van der Waals surface area (Å²) in [6.07, 6.45) is 1.91. The Labute approximate surface area is 129 Å². The number of carbonyl (C=O) groups excluding carboxylic acids is 1. The van der Waals surface area contributed by atoms with Crippen LogP contribution in [0.4, 0.5) is 0 Å². The average molecular weight is 304 g/mol. The molecule has 0 radical (unpaired) electrons. The summed E-state index contributed by atoms with van der Waals surface area (Å²) >= 11 is 1.47. The van der Waals surface area contributed by atoms with Crippen LogP contribution in [0.5, 0.6) is 0 Å². The summed E-state index contributed by atoms with van der Waals surface area (Å²) in [7, 11) is 0. The summed E-state index contributed by atoms with van der Waals surface area (Å²) in [6, 6.07) is 11.5. The minimum Gasteiger partial charge on any atom is -0.356 e. The normalized spacial score (nSPS) is 14.1. The second kappa shape index (κ2) is 6.45. The van der Waals surface area contributed by atoms with E-state index in [9.17, 15) is 4.79 Å². The van der Waals surface area contributed by atoms with E-state index >= 15 is 0 Å². The van der Waals surface area contributed by atoms with Crippen molar-refractivity contribution in [3.05, 3.63) is 42.1 Å². The lowest BCUT2D eigenvalue weighted by molar-refractivity contribution is 0.0918. The molecule has 0 bridgehead atoms. The molecule has 0 amide bonds. The van der Waals surface area contributed by atoms with Crippen LogP contribution < -0.4 is 5.32 Å². The fraction of sp³-hybridized carbons (Fsp3) is 0.375. The van der Waals surface area contributed by atoms with Crippen LogP contribution in [0.3, 0.4) is 0 Å². The Hall–Kier alpha value is -1.59. The lowest BCUT2D eigenvalue weighted by atomic mass is 10.1. The van der Waals surface area contributed by atoms with Gasteiger partial charge in [0.15, 0.2) is 11.5 Å². The Balaban J connectivity index is 2.26. The zero-order valence-electron chi connectivity index (χ0n) is 12.7. The molecule has 1 aromatic heterocycles. The number of aromatic nitrogens is 1. The third kappa shape index (κ3) is 3.54. The molecule has 0 fully saturated rings. The predicted molar refractivity (Wildman–Crippen MR) is 86.5 cm³/mol. The highest BCUT2D eigenvalue weighted by molar-refractivity contribution is 8.00. The van der Waals surface area contributed by atoms with Crippen LogP contribution >= 0.6 is 11.8 Å².